The van der Waals surface area contributed by atoms with Crippen molar-refractivity contribution < 1.29 is 9.72 Å². The molecule has 0 bridgehead atoms. The maximum absolute atomic E-state index is 11.9. The first-order valence-corrected chi connectivity index (χ1v) is 6.22. The highest BCUT2D eigenvalue weighted by atomic mass is 16.6. The van der Waals surface area contributed by atoms with E-state index in [-0.39, 0.29) is 11.3 Å². The van der Waals surface area contributed by atoms with Crippen molar-refractivity contribution in [3.05, 3.63) is 75.8 Å². The first-order valence-electron chi connectivity index (χ1n) is 6.22. The van der Waals surface area contributed by atoms with Gasteiger partial charge in [0.05, 0.1) is 10.6 Å². The van der Waals surface area contributed by atoms with Crippen molar-refractivity contribution in [2.75, 3.05) is 0 Å². The number of rotatable bonds is 4. The van der Waals surface area contributed by atoms with Crippen LogP contribution in [0.4, 0.5) is 5.69 Å². The SMILES string of the molecule is CC(=NNC(=O)c1cccc([N+](=O)[O-])c1)c1ccccc1. The van der Waals surface area contributed by atoms with Crippen LogP contribution in [-0.4, -0.2) is 16.5 Å². The van der Waals surface area contributed by atoms with Gasteiger partial charge in [0.2, 0.25) is 0 Å². The summed E-state index contributed by atoms with van der Waals surface area (Å²) in [6.07, 6.45) is 0. The fourth-order valence-electron chi connectivity index (χ4n) is 1.70. The number of hydrazone groups is 1. The van der Waals surface area contributed by atoms with Gasteiger partial charge in [0, 0.05) is 17.7 Å². The van der Waals surface area contributed by atoms with Gasteiger partial charge < -0.3 is 0 Å². The Kier molecular flexibility index (Phi) is 4.40. The highest BCUT2D eigenvalue weighted by Crippen LogP contribution is 2.12. The summed E-state index contributed by atoms with van der Waals surface area (Å²) >= 11 is 0. The third-order valence-corrected chi connectivity index (χ3v) is 2.84. The van der Waals surface area contributed by atoms with Crippen molar-refractivity contribution in [3.63, 3.8) is 0 Å². The second-order valence-corrected chi connectivity index (χ2v) is 4.31. The molecule has 6 heteroatoms. The average Bonchev–Trinajstić information content (AvgIpc) is 2.53. The third-order valence-electron chi connectivity index (χ3n) is 2.84. The molecule has 0 unspecified atom stereocenters. The highest BCUT2D eigenvalue weighted by molar-refractivity contribution is 6.00. The zero-order valence-electron chi connectivity index (χ0n) is 11.3. The summed E-state index contributed by atoms with van der Waals surface area (Å²) in [7, 11) is 0. The standard InChI is InChI=1S/C15H13N3O3/c1-11(12-6-3-2-4-7-12)16-17-15(19)13-8-5-9-14(10-13)18(20)21/h2-10H,1H3,(H,17,19). The van der Waals surface area contributed by atoms with Crippen molar-refractivity contribution in [2.45, 2.75) is 6.92 Å². The Morgan fingerprint density at radius 2 is 1.76 bits per heavy atom. The molecule has 0 aliphatic carbocycles. The molecule has 0 aromatic heterocycles. The second kappa shape index (κ2) is 6.42. The molecule has 0 spiro atoms. The lowest BCUT2D eigenvalue weighted by atomic mass is 10.1. The minimum Gasteiger partial charge on any atom is -0.267 e. The number of hydrogen-bond donors (Lipinski definition) is 1. The summed E-state index contributed by atoms with van der Waals surface area (Å²) in [5.41, 5.74) is 3.98. The molecule has 6 nitrogen and oxygen atoms in total. The third kappa shape index (κ3) is 3.73. The van der Waals surface area contributed by atoms with Gasteiger partial charge in [0.1, 0.15) is 0 Å². The van der Waals surface area contributed by atoms with E-state index >= 15 is 0 Å². The van der Waals surface area contributed by atoms with Crippen LogP contribution >= 0.6 is 0 Å². The molecule has 0 atom stereocenters. The van der Waals surface area contributed by atoms with Crippen molar-refractivity contribution in [1.82, 2.24) is 5.43 Å². The number of nitro benzene ring substituents is 1. The minimum absolute atomic E-state index is 0.133. The Hall–Kier alpha value is -3.02. The largest absolute Gasteiger partial charge is 0.271 e. The maximum atomic E-state index is 11.9. The van der Waals surface area contributed by atoms with Crippen LogP contribution in [0, 0.1) is 10.1 Å². The van der Waals surface area contributed by atoms with Crippen LogP contribution in [0.25, 0.3) is 0 Å². The molecule has 21 heavy (non-hydrogen) atoms. The van der Waals surface area contributed by atoms with Crippen LogP contribution in [0.1, 0.15) is 22.8 Å². The van der Waals surface area contributed by atoms with E-state index in [1.807, 2.05) is 30.3 Å². The molecule has 106 valence electrons. The Labute approximate surface area is 121 Å². The molecule has 0 saturated heterocycles. The number of nitrogens with one attached hydrogen (secondary N) is 1. The molecule has 2 aromatic rings. The number of carbonyl (C=O) groups is 1. The van der Waals surface area contributed by atoms with E-state index in [9.17, 15) is 14.9 Å². The zero-order chi connectivity index (χ0) is 15.2. The normalized spacial score (nSPS) is 11.0. The summed E-state index contributed by atoms with van der Waals surface area (Å²) in [6, 6.07) is 14.9. The predicted octanol–water partition coefficient (Wildman–Crippen LogP) is 2.75. The minimum atomic E-state index is -0.546. The summed E-state index contributed by atoms with van der Waals surface area (Å²) in [5, 5.41) is 14.7. The molecule has 0 heterocycles. The van der Waals surface area contributed by atoms with Crippen molar-refractivity contribution in [1.29, 1.82) is 0 Å². The van der Waals surface area contributed by atoms with E-state index in [0.717, 1.165) is 5.56 Å². The molecular weight excluding hydrogens is 270 g/mol. The molecule has 0 radical (unpaired) electrons. The Bertz CT molecular complexity index is 696. The number of hydrogen-bond acceptors (Lipinski definition) is 4. The topological polar surface area (TPSA) is 84.6 Å². The first kappa shape index (κ1) is 14.4. The van der Waals surface area contributed by atoms with Crippen molar-refractivity contribution in [2.24, 2.45) is 5.10 Å². The number of nitrogens with zero attached hydrogens (tertiary/aromatic N) is 2. The van der Waals surface area contributed by atoms with E-state index in [1.165, 1.54) is 24.3 Å². The first-order chi connectivity index (χ1) is 10.1. The molecule has 0 fully saturated rings. The van der Waals surface area contributed by atoms with Gasteiger partial charge in [-0.3, -0.25) is 14.9 Å². The fraction of sp³-hybridized carbons (Fsp3) is 0.0667. The molecule has 2 aromatic carbocycles. The number of carbonyl (C=O) groups excluding carboxylic acids is 1. The molecule has 0 saturated carbocycles. The van der Waals surface area contributed by atoms with Gasteiger partial charge in [0.15, 0.2) is 0 Å². The molecule has 0 aliphatic heterocycles. The second-order valence-electron chi connectivity index (χ2n) is 4.31. The lowest BCUT2D eigenvalue weighted by Crippen LogP contribution is -2.19. The Balaban J connectivity index is 2.12. The van der Waals surface area contributed by atoms with Crippen molar-refractivity contribution >= 4 is 17.3 Å². The molecule has 1 N–H and O–H groups in total. The van der Waals surface area contributed by atoms with Gasteiger partial charge in [0.25, 0.3) is 11.6 Å². The van der Waals surface area contributed by atoms with Crippen LogP contribution < -0.4 is 5.43 Å². The van der Waals surface area contributed by atoms with Gasteiger partial charge in [-0.25, -0.2) is 5.43 Å². The molecule has 2 rings (SSSR count). The number of amides is 1. The summed E-state index contributed by atoms with van der Waals surface area (Å²) < 4.78 is 0. The number of benzene rings is 2. The van der Waals surface area contributed by atoms with Crippen LogP contribution in [0.3, 0.4) is 0 Å². The van der Waals surface area contributed by atoms with Gasteiger partial charge >= 0.3 is 0 Å². The maximum Gasteiger partial charge on any atom is 0.271 e. The lowest BCUT2D eigenvalue weighted by Gasteiger charge is -2.03. The monoisotopic (exact) mass is 283 g/mol. The van der Waals surface area contributed by atoms with Crippen LogP contribution in [0.5, 0.6) is 0 Å². The fourth-order valence-corrected chi connectivity index (χ4v) is 1.70. The van der Waals surface area contributed by atoms with E-state index < -0.39 is 10.8 Å². The van der Waals surface area contributed by atoms with Crippen molar-refractivity contribution in [3.8, 4) is 0 Å². The van der Waals surface area contributed by atoms with Crippen LogP contribution in [0.15, 0.2) is 59.7 Å². The van der Waals surface area contributed by atoms with Gasteiger partial charge in [-0.1, -0.05) is 36.4 Å². The Morgan fingerprint density at radius 3 is 2.43 bits per heavy atom. The number of nitro groups is 1. The summed E-state index contributed by atoms with van der Waals surface area (Å²) in [6.45, 7) is 1.77. The summed E-state index contributed by atoms with van der Waals surface area (Å²) in [5.74, 6) is -0.492. The number of non-ortho nitro benzene ring substituents is 1. The van der Waals surface area contributed by atoms with E-state index in [2.05, 4.69) is 10.5 Å². The van der Waals surface area contributed by atoms with Gasteiger partial charge in [-0.05, 0) is 18.6 Å². The average molecular weight is 283 g/mol. The Morgan fingerprint density at radius 1 is 1.10 bits per heavy atom. The lowest BCUT2D eigenvalue weighted by molar-refractivity contribution is -0.384. The predicted molar refractivity (Wildman–Crippen MR) is 79.2 cm³/mol. The van der Waals surface area contributed by atoms with Crippen LogP contribution in [0.2, 0.25) is 0 Å². The quantitative estimate of drug-likeness (QED) is 0.532. The zero-order valence-corrected chi connectivity index (χ0v) is 11.3. The van der Waals surface area contributed by atoms with E-state index in [0.29, 0.717) is 5.71 Å². The molecule has 0 aliphatic rings. The summed E-state index contributed by atoms with van der Waals surface area (Å²) in [4.78, 5) is 22.0. The molecular formula is C15H13N3O3. The highest BCUT2D eigenvalue weighted by Gasteiger charge is 2.10. The van der Waals surface area contributed by atoms with Gasteiger partial charge in [-0.15, -0.1) is 0 Å². The van der Waals surface area contributed by atoms with Gasteiger partial charge in [-0.2, -0.15) is 5.10 Å². The smallest absolute Gasteiger partial charge is 0.267 e. The van der Waals surface area contributed by atoms with E-state index in [1.54, 1.807) is 6.92 Å². The van der Waals surface area contributed by atoms with E-state index in [4.69, 9.17) is 0 Å². The molecule has 1 amide bonds. The van der Waals surface area contributed by atoms with Crippen LogP contribution in [-0.2, 0) is 0 Å².